The van der Waals surface area contributed by atoms with Crippen LogP contribution in [-0.4, -0.2) is 23.3 Å². The van der Waals surface area contributed by atoms with Crippen LogP contribution in [0.25, 0.3) is 0 Å². The molecule has 0 radical (unpaired) electrons. The second kappa shape index (κ2) is 6.02. The van der Waals surface area contributed by atoms with E-state index in [-0.39, 0.29) is 10.6 Å². The van der Waals surface area contributed by atoms with Gasteiger partial charge in [0.25, 0.3) is 5.69 Å². The molecule has 92 valence electrons. The van der Waals surface area contributed by atoms with Crippen LogP contribution in [0.5, 0.6) is 0 Å². The largest absolute Gasteiger partial charge is 0.316 e. The number of nitro groups is 1. The minimum Gasteiger partial charge on any atom is -0.316 e. The van der Waals surface area contributed by atoms with Gasteiger partial charge in [-0.1, -0.05) is 12.1 Å². The monoisotopic (exact) mass is 252 g/mol. The molecule has 1 fully saturated rings. The number of rotatable bonds is 4. The molecule has 0 saturated carbocycles. The number of benzene rings is 1. The average molecular weight is 252 g/mol. The van der Waals surface area contributed by atoms with Crippen molar-refractivity contribution in [2.45, 2.75) is 23.8 Å². The van der Waals surface area contributed by atoms with Crippen LogP contribution >= 0.6 is 11.8 Å². The van der Waals surface area contributed by atoms with E-state index < -0.39 is 0 Å². The van der Waals surface area contributed by atoms with Gasteiger partial charge in [0.15, 0.2) is 0 Å². The van der Waals surface area contributed by atoms with Gasteiger partial charge >= 0.3 is 0 Å². The number of piperidine rings is 1. The van der Waals surface area contributed by atoms with Gasteiger partial charge in [-0.25, -0.2) is 0 Å². The Kier molecular flexibility index (Phi) is 4.39. The third-order valence-electron chi connectivity index (χ3n) is 2.88. The fraction of sp³-hybridized carbons (Fsp3) is 0.500. The Labute approximate surface area is 105 Å². The number of thioether (sulfide) groups is 1. The number of hydrogen-bond donors (Lipinski definition) is 1. The van der Waals surface area contributed by atoms with Crippen LogP contribution in [0, 0.1) is 10.1 Å². The van der Waals surface area contributed by atoms with Gasteiger partial charge in [-0.2, -0.15) is 11.8 Å². The van der Waals surface area contributed by atoms with Crippen molar-refractivity contribution in [1.82, 2.24) is 5.32 Å². The van der Waals surface area contributed by atoms with Crippen LogP contribution in [0.4, 0.5) is 5.69 Å². The number of nitrogens with one attached hydrogen (secondary N) is 1. The SMILES string of the molecule is O=[N+]([O-])c1ccc(CSC2CCCNC2)cc1. The lowest BCUT2D eigenvalue weighted by Gasteiger charge is -2.22. The molecule has 0 aromatic heterocycles. The summed E-state index contributed by atoms with van der Waals surface area (Å²) in [5.41, 5.74) is 1.32. The van der Waals surface area contributed by atoms with Gasteiger partial charge in [-0.15, -0.1) is 0 Å². The molecule has 0 spiro atoms. The first kappa shape index (κ1) is 12.4. The molecule has 1 heterocycles. The highest BCUT2D eigenvalue weighted by molar-refractivity contribution is 7.99. The summed E-state index contributed by atoms with van der Waals surface area (Å²) in [7, 11) is 0. The number of non-ortho nitro benzene ring substituents is 1. The lowest BCUT2D eigenvalue weighted by atomic mass is 10.2. The first-order valence-corrected chi connectivity index (χ1v) is 6.86. The second-order valence-corrected chi connectivity index (χ2v) is 5.49. The van der Waals surface area contributed by atoms with Crippen LogP contribution < -0.4 is 5.32 Å². The topological polar surface area (TPSA) is 55.2 Å². The van der Waals surface area contributed by atoms with E-state index in [0.29, 0.717) is 5.25 Å². The fourth-order valence-corrected chi connectivity index (χ4v) is 3.08. The average Bonchev–Trinajstić information content (AvgIpc) is 2.38. The highest BCUT2D eigenvalue weighted by Crippen LogP contribution is 2.23. The molecule has 1 saturated heterocycles. The van der Waals surface area contributed by atoms with Crippen molar-refractivity contribution in [3.05, 3.63) is 39.9 Å². The Hall–Kier alpha value is -1.07. The Morgan fingerprint density at radius 2 is 2.18 bits per heavy atom. The van der Waals surface area contributed by atoms with Crippen LogP contribution in [0.3, 0.4) is 0 Å². The lowest BCUT2D eigenvalue weighted by molar-refractivity contribution is -0.384. The smallest absolute Gasteiger partial charge is 0.269 e. The van der Waals surface area contributed by atoms with E-state index in [2.05, 4.69) is 5.32 Å². The van der Waals surface area contributed by atoms with Crippen molar-refractivity contribution in [2.24, 2.45) is 0 Å². The molecule has 2 rings (SSSR count). The normalized spacial score (nSPS) is 20.1. The van der Waals surface area contributed by atoms with Gasteiger partial charge in [-0.3, -0.25) is 10.1 Å². The Balaban J connectivity index is 1.84. The quantitative estimate of drug-likeness (QED) is 0.661. The van der Waals surface area contributed by atoms with E-state index in [0.717, 1.165) is 24.4 Å². The van der Waals surface area contributed by atoms with Crippen molar-refractivity contribution in [1.29, 1.82) is 0 Å². The lowest BCUT2D eigenvalue weighted by Crippen LogP contribution is -2.31. The van der Waals surface area contributed by atoms with Crippen molar-refractivity contribution in [3.63, 3.8) is 0 Å². The predicted molar refractivity (Wildman–Crippen MR) is 70.3 cm³/mol. The molecule has 4 nitrogen and oxygen atoms in total. The predicted octanol–water partition coefficient (Wildman–Crippen LogP) is 2.58. The molecule has 1 aromatic carbocycles. The molecular formula is C12H16N2O2S. The molecule has 17 heavy (non-hydrogen) atoms. The van der Waals surface area contributed by atoms with E-state index in [1.165, 1.54) is 12.8 Å². The fourth-order valence-electron chi connectivity index (χ4n) is 1.89. The van der Waals surface area contributed by atoms with Crippen LogP contribution in [0.2, 0.25) is 0 Å². The number of hydrogen-bond acceptors (Lipinski definition) is 4. The second-order valence-electron chi connectivity index (χ2n) is 4.20. The van der Waals surface area contributed by atoms with E-state index in [4.69, 9.17) is 0 Å². The summed E-state index contributed by atoms with van der Waals surface area (Å²) in [5.74, 6) is 0.935. The zero-order valence-corrected chi connectivity index (χ0v) is 10.4. The molecule has 1 atom stereocenters. The summed E-state index contributed by atoms with van der Waals surface area (Å²) in [5, 5.41) is 14.6. The van der Waals surface area contributed by atoms with Gasteiger partial charge in [0, 0.05) is 29.7 Å². The Morgan fingerprint density at radius 3 is 2.76 bits per heavy atom. The standard InChI is InChI=1S/C12H16N2O2S/c15-14(16)11-5-3-10(4-6-11)9-17-12-2-1-7-13-8-12/h3-6,12-13H,1-2,7-9H2. The maximum atomic E-state index is 10.5. The summed E-state index contributed by atoms with van der Waals surface area (Å²) in [6, 6.07) is 6.85. The van der Waals surface area contributed by atoms with Crippen molar-refractivity contribution in [3.8, 4) is 0 Å². The molecule has 1 aromatic rings. The minimum absolute atomic E-state index is 0.165. The molecule has 1 N–H and O–H groups in total. The summed E-state index contributed by atoms with van der Waals surface area (Å²) in [6.07, 6.45) is 2.52. The van der Waals surface area contributed by atoms with Gasteiger partial charge in [0.05, 0.1) is 4.92 Å². The zero-order chi connectivity index (χ0) is 12.1. The maximum Gasteiger partial charge on any atom is 0.269 e. The van der Waals surface area contributed by atoms with Gasteiger partial charge in [0.1, 0.15) is 0 Å². The van der Waals surface area contributed by atoms with Crippen LogP contribution in [0.15, 0.2) is 24.3 Å². The van der Waals surface area contributed by atoms with Crippen LogP contribution in [0.1, 0.15) is 18.4 Å². The van der Waals surface area contributed by atoms with Gasteiger partial charge in [0.2, 0.25) is 0 Å². The third kappa shape index (κ3) is 3.71. The molecular weight excluding hydrogens is 236 g/mol. The Morgan fingerprint density at radius 1 is 1.41 bits per heavy atom. The summed E-state index contributed by atoms with van der Waals surface area (Å²) < 4.78 is 0. The third-order valence-corrected chi connectivity index (χ3v) is 4.26. The molecule has 0 bridgehead atoms. The molecule has 1 aliphatic heterocycles. The van der Waals surface area contributed by atoms with Crippen molar-refractivity contribution < 1.29 is 4.92 Å². The van der Waals surface area contributed by atoms with Gasteiger partial charge < -0.3 is 5.32 Å². The van der Waals surface area contributed by atoms with E-state index in [9.17, 15) is 10.1 Å². The molecule has 0 amide bonds. The first-order chi connectivity index (χ1) is 8.25. The number of nitrogens with zero attached hydrogens (tertiary/aromatic N) is 1. The Bertz CT molecular complexity index is 375. The summed E-state index contributed by atoms with van der Waals surface area (Å²) in [6.45, 7) is 2.21. The summed E-state index contributed by atoms with van der Waals surface area (Å²) in [4.78, 5) is 10.2. The van der Waals surface area contributed by atoms with Crippen molar-refractivity contribution in [2.75, 3.05) is 13.1 Å². The molecule has 0 aliphatic carbocycles. The molecule has 1 aliphatic rings. The van der Waals surface area contributed by atoms with E-state index >= 15 is 0 Å². The van der Waals surface area contributed by atoms with Crippen molar-refractivity contribution >= 4 is 17.4 Å². The first-order valence-electron chi connectivity index (χ1n) is 5.81. The zero-order valence-electron chi connectivity index (χ0n) is 9.59. The van der Waals surface area contributed by atoms with E-state index in [1.54, 1.807) is 12.1 Å². The summed E-state index contributed by atoms with van der Waals surface area (Å²) >= 11 is 1.93. The minimum atomic E-state index is -0.359. The highest BCUT2D eigenvalue weighted by Gasteiger charge is 2.13. The maximum absolute atomic E-state index is 10.5. The van der Waals surface area contributed by atoms with Gasteiger partial charge in [-0.05, 0) is 24.9 Å². The molecule has 5 heteroatoms. The molecule has 1 unspecified atom stereocenters. The van der Waals surface area contributed by atoms with Crippen LogP contribution in [-0.2, 0) is 5.75 Å². The number of nitro benzene ring substituents is 1. The highest BCUT2D eigenvalue weighted by atomic mass is 32.2. The van der Waals surface area contributed by atoms with E-state index in [1.807, 2.05) is 23.9 Å².